The van der Waals surface area contributed by atoms with Gasteiger partial charge in [0.15, 0.2) is 23.4 Å². The summed E-state index contributed by atoms with van der Waals surface area (Å²) in [5.74, 6) is 3.50. The molecule has 4 aliphatic rings. The van der Waals surface area contributed by atoms with E-state index in [2.05, 4.69) is 57.5 Å². The monoisotopic (exact) mass is 778 g/mol. The average Bonchev–Trinajstić information content (AvgIpc) is 3.67. The van der Waals surface area contributed by atoms with Crippen molar-refractivity contribution >= 4 is 57.3 Å². The number of rotatable bonds is 9. The average molecular weight is 779 g/mol. The second-order valence-electron chi connectivity index (χ2n) is 15.2. The lowest BCUT2D eigenvalue weighted by molar-refractivity contribution is 0.101. The second-order valence-corrected chi connectivity index (χ2v) is 15.2. The lowest BCUT2D eigenvalue weighted by Crippen LogP contribution is -2.42. The highest BCUT2D eigenvalue weighted by Crippen LogP contribution is 2.40. The van der Waals surface area contributed by atoms with E-state index in [0.29, 0.717) is 17.4 Å². The molecule has 1 amide bonds. The largest absolute Gasteiger partial charge is 0.494 e. The number of carbonyl (C=O) groups excluding carboxylic acids is 3. The van der Waals surface area contributed by atoms with Crippen LogP contribution in [0.15, 0.2) is 48.2 Å². The van der Waals surface area contributed by atoms with Gasteiger partial charge in [-0.15, -0.1) is 10.2 Å². The van der Waals surface area contributed by atoms with Crippen LogP contribution >= 0.6 is 0 Å². The number of piperidine rings is 3. The number of halogens is 1. The normalized spacial score (nSPS) is 18.7. The molecule has 16 nitrogen and oxygen atoms in total. The lowest BCUT2D eigenvalue weighted by atomic mass is 9.94. The summed E-state index contributed by atoms with van der Waals surface area (Å²) < 4.78 is 23.4. The molecule has 0 atom stereocenters. The van der Waals surface area contributed by atoms with Crippen LogP contribution in [-0.2, 0) is 9.59 Å². The molecule has 0 bridgehead atoms. The van der Waals surface area contributed by atoms with Crippen LogP contribution in [-0.4, -0.2) is 107 Å². The molecule has 17 heteroatoms. The van der Waals surface area contributed by atoms with Gasteiger partial charge >= 0.3 is 0 Å². The van der Waals surface area contributed by atoms with Crippen LogP contribution in [0.5, 0.6) is 5.75 Å². The zero-order chi connectivity index (χ0) is 39.5. The second kappa shape index (κ2) is 16.6. The summed E-state index contributed by atoms with van der Waals surface area (Å²) in [7, 11) is 1.48. The number of nitrogens with zero attached hydrogens (tertiary/aromatic N) is 9. The molecule has 0 spiro atoms. The van der Waals surface area contributed by atoms with Crippen LogP contribution in [0.25, 0.3) is 10.9 Å². The number of amides is 1. The summed E-state index contributed by atoms with van der Waals surface area (Å²) >= 11 is 0. The molecule has 4 aromatic rings. The number of hydrogen-bond donors (Lipinski definition) is 3. The van der Waals surface area contributed by atoms with Crippen molar-refractivity contribution in [3.63, 3.8) is 0 Å². The molecule has 0 unspecified atom stereocenters. The third kappa shape index (κ3) is 8.13. The molecule has 4 saturated heterocycles. The van der Waals surface area contributed by atoms with Crippen molar-refractivity contribution < 1.29 is 23.5 Å². The van der Waals surface area contributed by atoms with Gasteiger partial charge in [-0.2, -0.15) is 5.10 Å². The van der Waals surface area contributed by atoms with E-state index in [4.69, 9.17) is 15.6 Å². The maximum Gasteiger partial charge on any atom is 0.295 e. The van der Waals surface area contributed by atoms with Crippen molar-refractivity contribution in [1.82, 2.24) is 35.2 Å². The summed E-state index contributed by atoms with van der Waals surface area (Å²) in [5.41, 5.74) is 9.27. The molecule has 298 valence electrons. The van der Waals surface area contributed by atoms with E-state index in [-0.39, 0.29) is 47.9 Å². The van der Waals surface area contributed by atoms with Gasteiger partial charge in [0.05, 0.1) is 36.2 Å². The number of ether oxygens (including phenoxy) is 1. The topological polar surface area (TPSA) is 180 Å². The van der Waals surface area contributed by atoms with Crippen LogP contribution < -0.4 is 35.8 Å². The standard InChI is InChI=1S/C40H47FN12O4/c1-57-35-19-30(18-31(41)38(35)52-16-7-28(24-54)44-37(52)25-55)50-14-5-26(6-15-50)22-49-12-8-29(9-13-49)53-23-27-17-33(45-40(56)39-43-21-36(42)46-47-39)34(20-32(27)48-53)51-10-3-2-4-11-51/h17-21,23,26,29,44H,2-16,22H2,1H3,(H2,42,46)(H,45,56). The Kier molecular flexibility index (Phi) is 11.0. The van der Waals surface area contributed by atoms with E-state index >= 15 is 4.39 Å². The Morgan fingerprint density at radius 1 is 0.965 bits per heavy atom. The fourth-order valence-electron chi connectivity index (χ4n) is 8.58. The van der Waals surface area contributed by atoms with Gasteiger partial charge < -0.3 is 40.7 Å². The van der Waals surface area contributed by atoms with Gasteiger partial charge in [0.1, 0.15) is 23.1 Å². The zero-order valence-corrected chi connectivity index (χ0v) is 32.0. The van der Waals surface area contributed by atoms with Gasteiger partial charge in [-0.3, -0.25) is 9.48 Å². The van der Waals surface area contributed by atoms with Crippen molar-refractivity contribution in [2.45, 2.75) is 57.4 Å². The number of likely N-dealkylation sites (tertiary alicyclic amines) is 1. The first-order valence-corrected chi connectivity index (χ1v) is 19.7. The molecular formula is C40H47FN12O4. The Bertz CT molecular complexity index is 2210. The number of nitrogen functional groups attached to an aromatic ring is 1. The lowest BCUT2D eigenvalue weighted by Gasteiger charge is -2.38. The molecule has 2 aromatic heterocycles. The van der Waals surface area contributed by atoms with Crippen molar-refractivity contribution in [3.05, 3.63) is 59.8 Å². The smallest absolute Gasteiger partial charge is 0.295 e. The molecule has 57 heavy (non-hydrogen) atoms. The van der Waals surface area contributed by atoms with Crippen LogP contribution in [0.4, 0.5) is 33.0 Å². The summed E-state index contributed by atoms with van der Waals surface area (Å²) in [6, 6.07) is 7.67. The number of fused-ring (bicyclic) bond motifs is 1. The third-order valence-corrected chi connectivity index (χ3v) is 11.6. The molecule has 0 aliphatic carbocycles. The van der Waals surface area contributed by atoms with Crippen molar-refractivity contribution in [2.75, 3.05) is 85.2 Å². The Labute approximate surface area is 329 Å². The first kappa shape index (κ1) is 37.9. The molecular weight excluding hydrogens is 732 g/mol. The van der Waals surface area contributed by atoms with Crippen LogP contribution in [0, 0.1) is 11.7 Å². The van der Waals surface area contributed by atoms with E-state index in [0.717, 1.165) is 107 Å². The molecule has 4 aliphatic heterocycles. The minimum absolute atomic E-state index is 0.0432. The van der Waals surface area contributed by atoms with Gasteiger partial charge in [-0.25, -0.2) is 19.0 Å². The molecule has 4 N–H and O–H groups in total. The molecule has 4 fully saturated rings. The van der Waals surface area contributed by atoms with Gasteiger partial charge in [-0.1, -0.05) is 0 Å². The zero-order valence-electron chi connectivity index (χ0n) is 32.0. The van der Waals surface area contributed by atoms with Crippen molar-refractivity contribution in [1.29, 1.82) is 0 Å². The van der Waals surface area contributed by atoms with Crippen LogP contribution in [0.1, 0.15) is 68.0 Å². The van der Waals surface area contributed by atoms with E-state index in [1.807, 2.05) is 12.1 Å². The molecule has 2 aromatic carbocycles. The van der Waals surface area contributed by atoms with Crippen molar-refractivity contribution in [3.8, 4) is 5.75 Å². The number of carbonyl (C=O) groups is 1. The first-order valence-electron chi connectivity index (χ1n) is 19.7. The number of hydrogen-bond acceptors (Lipinski definition) is 14. The van der Waals surface area contributed by atoms with Gasteiger partial charge in [-0.05, 0) is 69.1 Å². The van der Waals surface area contributed by atoms with Gasteiger partial charge in [0.25, 0.3) is 5.91 Å². The van der Waals surface area contributed by atoms with Crippen molar-refractivity contribution in [2.24, 2.45) is 5.92 Å². The number of methoxy groups -OCH3 is 1. The Hall–Kier alpha value is -6.02. The highest BCUT2D eigenvalue weighted by Gasteiger charge is 2.30. The SMILES string of the molecule is COc1cc(N2CCC(CN3CCC(n4cc5cc(NC(=O)c6ncc(N)nn6)c(N6CCCCC6)cc5n4)CC3)CC2)cc(F)c1N1CCC(=C=O)NC1=C=O. The number of anilines is 5. The minimum atomic E-state index is -0.510. The molecule has 0 saturated carbocycles. The first-order chi connectivity index (χ1) is 27.8. The highest BCUT2D eigenvalue weighted by molar-refractivity contribution is 6.05. The van der Waals surface area contributed by atoms with E-state index in [1.165, 1.54) is 30.7 Å². The quantitative estimate of drug-likeness (QED) is 0.208. The molecule has 8 rings (SSSR count). The Balaban J connectivity index is 0.879. The predicted molar refractivity (Wildman–Crippen MR) is 214 cm³/mol. The summed E-state index contributed by atoms with van der Waals surface area (Å²) in [4.78, 5) is 48.5. The van der Waals surface area contributed by atoms with E-state index in [1.54, 1.807) is 11.9 Å². The van der Waals surface area contributed by atoms with Gasteiger partial charge in [0.2, 0.25) is 5.82 Å². The van der Waals surface area contributed by atoms with E-state index in [9.17, 15) is 14.4 Å². The fourth-order valence-corrected chi connectivity index (χ4v) is 8.58. The third-order valence-electron chi connectivity index (χ3n) is 11.6. The molecule has 0 radical (unpaired) electrons. The van der Waals surface area contributed by atoms with Crippen LogP contribution in [0.2, 0.25) is 0 Å². The van der Waals surface area contributed by atoms with E-state index < -0.39 is 11.7 Å². The highest BCUT2D eigenvalue weighted by atomic mass is 19.1. The van der Waals surface area contributed by atoms with Gasteiger partial charge in [0, 0.05) is 82.1 Å². The number of benzene rings is 2. The number of nitrogens with two attached hydrogens (primary N) is 1. The fraction of sp³-hybridized carbons (Fsp3) is 0.475. The Morgan fingerprint density at radius 3 is 2.46 bits per heavy atom. The summed E-state index contributed by atoms with van der Waals surface area (Å²) in [5, 5.41) is 19.4. The minimum Gasteiger partial charge on any atom is -0.494 e. The number of nitrogens with one attached hydrogen (secondary N) is 2. The predicted octanol–water partition coefficient (Wildman–Crippen LogP) is 3.94. The summed E-state index contributed by atoms with van der Waals surface area (Å²) in [6.07, 6.45) is 11.0. The maximum atomic E-state index is 15.7. The summed E-state index contributed by atoms with van der Waals surface area (Å²) in [6.45, 7) is 6.62. The maximum absolute atomic E-state index is 15.7. The number of aromatic nitrogens is 5. The molecule has 6 heterocycles. The van der Waals surface area contributed by atoms with Crippen LogP contribution in [0.3, 0.4) is 0 Å². The Morgan fingerprint density at radius 2 is 1.75 bits per heavy atom.